The topological polar surface area (TPSA) is 12.1 Å². The van der Waals surface area contributed by atoms with Crippen LogP contribution in [0.25, 0.3) is 0 Å². The van der Waals surface area contributed by atoms with Crippen LogP contribution in [0.3, 0.4) is 0 Å². The molecule has 0 aliphatic carbocycles. The molecule has 1 aromatic rings. The maximum absolute atomic E-state index is 2.50. The zero-order valence-corrected chi connectivity index (χ0v) is 10.3. The van der Waals surface area contributed by atoms with Gasteiger partial charge >= 0.3 is 5.95 Å². The minimum Gasteiger partial charge on any atom is -0.262 e. The third-order valence-corrected chi connectivity index (χ3v) is 3.13. The van der Waals surface area contributed by atoms with E-state index in [0.29, 0.717) is 12.1 Å². The molecular weight excluding hydrogens is 186 g/mol. The van der Waals surface area contributed by atoms with Crippen LogP contribution in [0, 0.1) is 0 Å². The van der Waals surface area contributed by atoms with Crippen molar-refractivity contribution in [2.24, 2.45) is 0 Å². The van der Waals surface area contributed by atoms with Crippen molar-refractivity contribution in [1.29, 1.82) is 0 Å². The third-order valence-electron chi connectivity index (χ3n) is 3.13. The van der Waals surface area contributed by atoms with Gasteiger partial charge in [0.2, 0.25) is 0 Å². The van der Waals surface area contributed by atoms with Gasteiger partial charge in [-0.15, -0.1) is 0 Å². The molecule has 15 heavy (non-hydrogen) atoms. The van der Waals surface area contributed by atoms with Crippen LogP contribution in [-0.4, -0.2) is 17.2 Å². The first-order valence-electron chi connectivity index (χ1n) is 5.98. The molecule has 0 N–H and O–H groups in total. The van der Waals surface area contributed by atoms with Crippen molar-refractivity contribution in [1.82, 2.24) is 4.57 Å². The fraction of sp³-hybridized carbons (Fsp3) is 0.750. The fourth-order valence-electron chi connectivity index (χ4n) is 2.33. The van der Waals surface area contributed by atoms with Gasteiger partial charge < -0.3 is 0 Å². The summed E-state index contributed by atoms with van der Waals surface area (Å²) in [5, 5.41) is 0. The Morgan fingerprint density at radius 3 is 2.53 bits per heavy atom. The van der Waals surface area contributed by atoms with Crippen LogP contribution in [0.1, 0.15) is 40.2 Å². The van der Waals surface area contributed by atoms with Gasteiger partial charge in [-0.2, -0.15) is 0 Å². The maximum atomic E-state index is 2.50. The average Bonchev–Trinajstić information content (AvgIpc) is 2.60. The highest BCUT2D eigenvalue weighted by atomic mass is 15.4. The largest absolute Gasteiger partial charge is 0.360 e. The van der Waals surface area contributed by atoms with Gasteiger partial charge in [-0.3, -0.25) is 4.90 Å². The highest BCUT2D eigenvalue weighted by molar-refractivity contribution is 5.28. The first-order valence-corrected chi connectivity index (χ1v) is 5.98. The van der Waals surface area contributed by atoms with Gasteiger partial charge in [-0.25, -0.2) is 9.13 Å². The molecule has 3 heteroatoms. The zero-order valence-electron chi connectivity index (χ0n) is 10.3. The van der Waals surface area contributed by atoms with E-state index in [1.807, 2.05) is 0 Å². The highest BCUT2D eigenvalue weighted by Gasteiger charge is 2.30. The van der Waals surface area contributed by atoms with E-state index in [0.717, 1.165) is 6.54 Å². The van der Waals surface area contributed by atoms with Gasteiger partial charge in [-0.1, -0.05) is 0 Å². The van der Waals surface area contributed by atoms with E-state index in [4.69, 9.17) is 0 Å². The fourth-order valence-corrected chi connectivity index (χ4v) is 2.33. The molecule has 0 saturated heterocycles. The van der Waals surface area contributed by atoms with Crippen LogP contribution in [0.15, 0.2) is 12.4 Å². The Bertz CT molecular complexity index is 339. The molecule has 0 saturated carbocycles. The summed E-state index contributed by atoms with van der Waals surface area (Å²) in [5.74, 6) is 1.38. The van der Waals surface area contributed by atoms with Crippen LogP contribution >= 0.6 is 0 Å². The molecule has 0 radical (unpaired) electrons. The molecule has 0 aromatic carbocycles. The molecule has 0 fully saturated rings. The lowest BCUT2D eigenvalue weighted by molar-refractivity contribution is -0.703. The Morgan fingerprint density at radius 2 is 1.93 bits per heavy atom. The van der Waals surface area contributed by atoms with Crippen LogP contribution in [0.5, 0.6) is 0 Å². The van der Waals surface area contributed by atoms with E-state index in [1.54, 1.807) is 0 Å². The number of nitrogens with zero attached hydrogens (tertiary/aromatic N) is 3. The molecule has 3 nitrogen and oxygen atoms in total. The van der Waals surface area contributed by atoms with Gasteiger partial charge in [0.05, 0.1) is 37.6 Å². The highest BCUT2D eigenvalue weighted by Crippen LogP contribution is 2.20. The summed E-state index contributed by atoms with van der Waals surface area (Å²) in [6.45, 7) is 11.4. The van der Waals surface area contributed by atoms with E-state index < -0.39 is 0 Å². The summed E-state index contributed by atoms with van der Waals surface area (Å²) in [7, 11) is 0. The second-order valence-electron chi connectivity index (χ2n) is 4.93. The van der Waals surface area contributed by atoms with Gasteiger partial charge in [0.25, 0.3) is 0 Å². The van der Waals surface area contributed by atoms with E-state index >= 15 is 0 Å². The van der Waals surface area contributed by atoms with Crippen molar-refractivity contribution in [2.75, 3.05) is 11.4 Å². The molecule has 0 spiro atoms. The minimum atomic E-state index is 0.542. The predicted octanol–water partition coefficient (Wildman–Crippen LogP) is 1.98. The molecule has 84 valence electrons. The van der Waals surface area contributed by atoms with Crippen LogP contribution in [-0.2, 0) is 6.54 Å². The number of hydrogen-bond donors (Lipinski definition) is 0. The number of aromatic nitrogens is 2. The lowest BCUT2D eigenvalue weighted by Gasteiger charge is -2.27. The van der Waals surface area contributed by atoms with E-state index in [9.17, 15) is 0 Å². The zero-order chi connectivity index (χ0) is 11.0. The molecule has 2 rings (SSSR count). The Hall–Kier alpha value is -0.990. The van der Waals surface area contributed by atoms with Crippen molar-refractivity contribution >= 4 is 5.95 Å². The minimum absolute atomic E-state index is 0.542. The second-order valence-corrected chi connectivity index (χ2v) is 4.93. The van der Waals surface area contributed by atoms with Crippen LogP contribution in [0.4, 0.5) is 5.95 Å². The molecule has 1 aliphatic rings. The molecule has 0 unspecified atom stereocenters. The first kappa shape index (κ1) is 10.5. The first-order chi connectivity index (χ1) is 7.11. The summed E-state index contributed by atoms with van der Waals surface area (Å²) < 4.78 is 4.75. The molecule has 1 aromatic heterocycles. The number of anilines is 1. The molecule has 0 atom stereocenters. The Kier molecular flexibility index (Phi) is 2.72. The molecule has 2 heterocycles. The lowest BCUT2D eigenvalue weighted by Crippen LogP contribution is -2.48. The smallest absolute Gasteiger partial charge is 0.262 e. The van der Waals surface area contributed by atoms with Crippen molar-refractivity contribution in [3.8, 4) is 0 Å². The number of fused-ring (bicyclic) bond motifs is 1. The number of hydrogen-bond acceptors (Lipinski definition) is 1. The Labute approximate surface area is 92.3 Å². The normalized spacial score (nSPS) is 16.3. The number of aryl methyl sites for hydroxylation is 1. The van der Waals surface area contributed by atoms with Crippen molar-refractivity contribution in [2.45, 2.75) is 52.7 Å². The van der Waals surface area contributed by atoms with Gasteiger partial charge in [0.15, 0.2) is 0 Å². The summed E-state index contributed by atoms with van der Waals surface area (Å²) in [6.07, 6.45) is 5.68. The average molecular weight is 208 g/mol. The lowest BCUT2D eigenvalue weighted by atomic mass is 10.2. The molecule has 0 amide bonds. The number of rotatable bonds is 2. The van der Waals surface area contributed by atoms with Crippen molar-refractivity contribution in [3.63, 3.8) is 0 Å². The standard InChI is InChI=1S/C12H22N3/c1-10(2)14-7-5-6-13-8-9-15(11(3)4)12(13)14/h8-11H,5-7H2,1-4H3/q+1. The number of imidazole rings is 1. The second kappa shape index (κ2) is 3.87. The summed E-state index contributed by atoms with van der Waals surface area (Å²) >= 11 is 0. The van der Waals surface area contributed by atoms with E-state index in [2.05, 4.69) is 54.1 Å². The Balaban J connectivity index is 2.43. The van der Waals surface area contributed by atoms with Crippen molar-refractivity contribution < 1.29 is 4.57 Å². The summed E-state index contributed by atoms with van der Waals surface area (Å²) in [6, 6.07) is 1.13. The van der Waals surface area contributed by atoms with Crippen LogP contribution < -0.4 is 9.47 Å². The molecule has 0 bridgehead atoms. The van der Waals surface area contributed by atoms with Gasteiger partial charge in [0, 0.05) is 6.42 Å². The van der Waals surface area contributed by atoms with E-state index in [-0.39, 0.29) is 0 Å². The maximum Gasteiger partial charge on any atom is 0.360 e. The van der Waals surface area contributed by atoms with E-state index in [1.165, 1.54) is 18.9 Å². The molecular formula is C12H22N3+. The van der Waals surface area contributed by atoms with Crippen LogP contribution in [0.2, 0.25) is 0 Å². The molecule has 1 aliphatic heterocycles. The third kappa shape index (κ3) is 1.75. The van der Waals surface area contributed by atoms with Gasteiger partial charge in [-0.05, 0) is 27.7 Å². The summed E-state index contributed by atoms with van der Waals surface area (Å²) in [5.41, 5.74) is 0. The summed E-state index contributed by atoms with van der Waals surface area (Å²) in [4.78, 5) is 2.50. The van der Waals surface area contributed by atoms with Crippen molar-refractivity contribution in [3.05, 3.63) is 12.4 Å². The SMILES string of the molecule is CC(C)N1CCCn2cc[n+](C(C)C)c21. The quantitative estimate of drug-likeness (QED) is 0.677. The van der Waals surface area contributed by atoms with Gasteiger partial charge in [0.1, 0.15) is 0 Å². The Morgan fingerprint density at radius 1 is 1.20 bits per heavy atom. The predicted molar refractivity (Wildman–Crippen MR) is 62.1 cm³/mol. The monoisotopic (exact) mass is 208 g/mol.